The molecule has 1 aromatic rings. The fourth-order valence-electron chi connectivity index (χ4n) is 2.37. The zero-order chi connectivity index (χ0) is 13.2. The normalized spacial score (nSPS) is 22.7. The first-order valence-electron chi connectivity index (χ1n) is 5.99. The van der Waals surface area contributed by atoms with Crippen LogP contribution in [0.15, 0.2) is 18.3 Å². The lowest BCUT2D eigenvalue weighted by atomic mass is 9.83. The second kappa shape index (κ2) is 5.31. The minimum absolute atomic E-state index is 0.0554. The molecule has 1 heterocycles. The van der Waals surface area contributed by atoms with Crippen LogP contribution in [0.3, 0.4) is 0 Å². The summed E-state index contributed by atoms with van der Waals surface area (Å²) in [7, 11) is 0. The molecule has 1 saturated carbocycles. The quantitative estimate of drug-likeness (QED) is 0.612. The van der Waals surface area contributed by atoms with Gasteiger partial charge in [0.25, 0.3) is 0 Å². The second-order valence-corrected chi connectivity index (χ2v) is 5.20. The number of alkyl halides is 2. The van der Waals surface area contributed by atoms with E-state index in [4.69, 9.17) is 11.6 Å². The summed E-state index contributed by atoms with van der Waals surface area (Å²) in [6.07, 6.45) is 2.51. The zero-order valence-electron chi connectivity index (χ0n) is 9.83. The topological polar surface area (TPSA) is 30.0 Å². The largest absolute Gasteiger partial charge is 0.294 e. The van der Waals surface area contributed by atoms with Crippen LogP contribution in [0.25, 0.3) is 0 Å². The molecular formula is C13H14ClF2NO. The number of aromatic nitrogens is 1. The maximum absolute atomic E-state index is 13.2. The van der Waals surface area contributed by atoms with E-state index in [0.29, 0.717) is 23.6 Å². The van der Waals surface area contributed by atoms with E-state index in [2.05, 4.69) is 4.98 Å². The van der Waals surface area contributed by atoms with Crippen LogP contribution in [-0.4, -0.2) is 16.7 Å². The average molecular weight is 274 g/mol. The molecule has 1 aliphatic carbocycles. The van der Waals surface area contributed by atoms with Crippen LogP contribution in [0.5, 0.6) is 0 Å². The van der Waals surface area contributed by atoms with Gasteiger partial charge in [-0.1, -0.05) is 11.6 Å². The Morgan fingerprint density at radius 1 is 1.50 bits per heavy atom. The van der Waals surface area contributed by atoms with Crippen molar-refractivity contribution in [1.82, 2.24) is 4.98 Å². The Morgan fingerprint density at radius 2 is 2.28 bits per heavy atom. The number of pyridine rings is 1. The molecule has 0 N–H and O–H groups in total. The molecule has 1 aromatic heterocycles. The lowest BCUT2D eigenvalue weighted by Gasteiger charge is -2.28. The van der Waals surface area contributed by atoms with Gasteiger partial charge in [-0.2, -0.15) is 0 Å². The highest BCUT2D eigenvalue weighted by atomic mass is 35.5. The fourth-order valence-corrected chi connectivity index (χ4v) is 2.48. The molecule has 0 aliphatic heterocycles. The van der Waals surface area contributed by atoms with Gasteiger partial charge in [-0.15, -0.1) is 0 Å². The minimum atomic E-state index is -2.61. The lowest BCUT2D eigenvalue weighted by molar-refractivity contribution is -0.0521. The zero-order valence-corrected chi connectivity index (χ0v) is 10.6. The Hall–Kier alpha value is -1.03. The molecule has 1 aliphatic rings. The highest BCUT2D eigenvalue weighted by Crippen LogP contribution is 2.38. The number of Topliss-reactive ketones (excluding diaryl/α,β-unsaturated/α-hetero) is 1. The van der Waals surface area contributed by atoms with Crippen LogP contribution in [0.2, 0.25) is 5.15 Å². The molecule has 5 heteroatoms. The molecule has 98 valence electrons. The maximum atomic E-state index is 13.2. The number of nitrogens with zero attached hydrogens (tertiary/aromatic N) is 1. The van der Waals surface area contributed by atoms with Gasteiger partial charge in [0.1, 0.15) is 5.15 Å². The average Bonchev–Trinajstić information content (AvgIpc) is 2.28. The number of carbonyl (C=O) groups excluding carboxylic acids is 1. The van der Waals surface area contributed by atoms with E-state index in [9.17, 15) is 13.6 Å². The standard InChI is InChI=1S/C13H14ClF2NO/c14-12-4-3-10(8-17-12)11(18)6-9-2-1-5-13(15,16)7-9/h3-4,8-9H,1-2,5-7H2. The first-order chi connectivity index (χ1) is 8.46. The highest BCUT2D eigenvalue weighted by Gasteiger charge is 2.36. The molecule has 1 atom stereocenters. The van der Waals surface area contributed by atoms with Gasteiger partial charge >= 0.3 is 0 Å². The summed E-state index contributed by atoms with van der Waals surface area (Å²) in [4.78, 5) is 15.7. The molecule has 2 nitrogen and oxygen atoms in total. The van der Waals surface area contributed by atoms with Crippen LogP contribution in [0.1, 0.15) is 42.5 Å². The van der Waals surface area contributed by atoms with Crippen molar-refractivity contribution in [2.45, 2.75) is 38.0 Å². The van der Waals surface area contributed by atoms with E-state index in [1.165, 1.54) is 12.3 Å². The van der Waals surface area contributed by atoms with Gasteiger partial charge in [0.05, 0.1) is 0 Å². The first kappa shape index (κ1) is 13.4. The van der Waals surface area contributed by atoms with E-state index < -0.39 is 5.92 Å². The molecule has 0 bridgehead atoms. The highest BCUT2D eigenvalue weighted by molar-refractivity contribution is 6.29. The summed E-state index contributed by atoms with van der Waals surface area (Å²) in [5, 5.41) is 0.316. The first-order valence-corrected chi connectivity index (χ1v) is 6.37. The van der Waals surface area contributed by atoms with Crippen LogP contribution < -0.4 is 0 Å². The number of carbonyl (C=O) groups is 1. The summed E-state index contributed by atoms with van der Waals surface area (Å²) < 4.78 is 26.4. The Balaban J connectivity index is 1.97. The molecule has 1 unspecified atom stereocenters. The van der Waals surface area contributed by atoms with Crippen LogP contribution >= 0.6 is 11.6 Å². The second-order valence-electron chi connectivity index (χ2n) is 4.82. The SMILES string of the molecule is O=C(CC1CCCC(F)(F)C1)c1ccc(Cl)nc1. The summed E-state index contributed by atoms with van der Waals surface area (Å²) in [5.74, 6) is -2.97. The van der Waals surface area contributed by atoms with Crippen LogP contribution in [-0.2, 0) is 0 Å². The van der Waals surface area contributed by atoms with Crippen molar-refractivity contribution in [3.8, 4) is 0 Å². The van der Waals surface area contributed by atoms with Gasteiger partial charge in [0.15, 0.2) is 5.78 Å². The van der Waals surface area contributed by atoms with E-state index in [-0.39, 0.29) is 31.0 Å². The minimum Gasteiger partial charge on any atom is -0.294 e. The van der Waals surface area contributed by atoms with Gasteiger partial charge in [0, 0.05) is 31.0 Å². The third kappa shape index (κ3) is 3.48. The van der Waals surface area contributed by atoms with E-state index in [0.717, 1.165) is 0 Å². The monoisotopic (exact) mass is 273 g/mol. The molecule has 1 fully saturated rings. The Labute approximate surface area is 109 Å². The van der Waals surface area contributed by atoms with Crippen molar-refractivity contribution in [2.75, 3.05) is 0 Å². The Morgan fingerprint density at radius 3 is 2.89 bits per heavy atom. The van der Waals surface area contributed by atoms with Crippen LogP contribution in [0, 0.1) is 5.92 Å². The van der Waals surface area contributed by atoms with Crippen molar-refractivity contribution in [2.24, 2.45) is 5.92 Å². The van der Waals surface area contributed by atoms with Gasteiger partial charge < -0.3 is 0 Å². The predicted octanol–water partition coefficient (Wildman–Crippen LogP) is 4.13. The summed E-state index contributed by atoms with van der Waals surface area (Å²) >= 11 is 5.62. The molecule has 0 radical (unpaired) electrons. The molecule has 0 aromatic carbocycles. The van der Waals surface area contributed by atoms with Crippen molar-refractivity contribution >= 4 is 17.4 Å². The number of hydrogen-bond acceptors (Lipinski definition) is 2. The molecule has 18 heavy (non-hydrogen) atoms. The fraction of sp³-hybridized carbons (Fsp3) is 0.538. The third-order valence-corrected chi connectivity index (χ3v) is 3.49. The van der Waals surface area contributed by atoms with Gasteiger partial charge in [-0.05, 0) is 30.9 Å². The molecular weight excluding hydrogens is 260 g/mol. The predicted molar refractivity (Wildman–Crippen MR) is 65.1 cm³/mol. The summed E-state index contributed by atoms with van der Waals surface area (Å²) in [5.41, 5.74) is 0.438. The van der Waals surface area contributed by atoms with Gasteiger partial charge in [0.2, 0.25) is 5.92 Å². The molecule has 0 saturated heterocycles. The summed E-state index contributed by atoms with van der Waals surface area (Å²) in [6.45, 7) is 0. The molecule has 0 spiro atoms. The number of hydrogen-bond donors (Lipinski definition) is 0. The van der Waals surface area contributed by atoms with Crippen molar-refractivity contribution in [3.05, 3.63) is 29.0 Å². The van der Waals surface area contributed by atoms with Crippen molar-refractivity contribution < 1.29 is 13.6 Å². The van der Waals surface area contributed by atoms with Gasteiger partial charge in [-0.25, -0.2) is 13.8 Å². The van der Waals surface area contributed by atoms with Gasteiger partial charge in [-0.3, -0.25) is 4.79 Å². The van der Waals surface area contributed by atoms with Crippen molar-refractivity contribution in [1.29, 1.82) is 0 Å². The number of ketones is 1. The van der Waals surface area contributed by atoms with E-state index in [1.807, 2.05) is 0 Å². The lowest BCUT2D eigenvalue weighted by Crippen LogP contribution is -2.27. The van der Waals surface area contributed by atoms with Crippen molar-refractivity contribution in [3.63, 3.8) is 0 Å². The Kier molecular flexibility index (Phi) is 3.95. The van der Waals surface area contributed by atoms with E-state index >= 15 is 0 Å². The van der Waals surface area contributed by atoms with E-state index in [1.54, 1.807) is 6.07 Å². The number of rotatable bonds is 3. The summed E-state index contributed by atoms with van der Waals surface area (Å²) in [6, 6.07) is 3.11. The molecule has 2 rings (SSSR count). The number of halogens is 3. The third-order valence-electron chi connectivity index (χ3n) is 3.27. The smallest absolute Gasteiger partial charge is 0.248 e. The molecule has 0 amide bonds. The maximum Gasteiger partial charge on any atom is 0.248 e. The Bertz CT molecular complexity index is 433. The van der Waals surface area contributed by atoms with Crippen LogP contribution in [0.4, 0.5) is 8.78 Å².